The summed E-state index contributed by atoms with van der Waals surface area (Å²) in [4.78, 5) is 37.7. The van der Waals surface area contributed by atoms with Crippen molar-refractivity contribution in [1.82, 2.24) is 10.6 Å². The Morgan fingerprint density at radius 1 is 1.19 bits per heavy atom. The number of hydrogen-bond donors (Lipinski definition) is 3. The van der Waals surface area contributed by atoms with Crippen molar-refractivity contribution in [3.63, 3.8) is 0 Å². The second-order valence-corrected chi connectivity index (χ2v) is 7.04. The van der Waals surface area contributed by atoms with Gasteiger partial charge >= 0.3 is 6.03 Å². The average Bonchev–Trinajstić information content (AvgIpc) is 3.07. The van der Waals surface area contributed by atoms with E-state index in [9.17, 15) is 14.4 Å². The van der Waals surface area contributed by atoms with Gasteiger partial charge in [-0.3, -0.25) is 14.5 Å². The second kappa shape index (κ2) is 8.22. The van der Waals surface area contributed by atoms with E-state index in [-0.39, 0.29) is 24.4 Å². The molecule has 0 aliphatic carbocycles. The van der Waals surface area contributed by atoms with E-state index in [0.717, 1.165) is 15.7 Å². The molecular weight excluding hydrogens is 412 g/mol. The molecule has 2 aromatic carbocycles. The number of urea groups is 1. The molecule has 3 N–H and O–H groups in total. The van der Waals surface area contributed by atoms with Gasteiger partial charge in [-0.25, -0.2) is 4.79 Å². The quantitative estimate of drug-likeness (QED) is 0.680. The Kier molecular flexibility index (Phi) is 5.75. The van der Waals surface area contributed by atoms with Crippen LogP contribution >= 0.6 is 15.9 Å². The minimum absolute atomic E-state index is 0.135. The van der Waals surface area contributed by atoms with Gasteiger partial charge in [-0.2, -0.15) is 0 Å². The standard InChI is InChI=1S/C19H19BrN4O3/c1-12-10-13(2-7-16(12)24-9-8-21-19(24)27)18(26)22-11-17(25)23-15-5-3-14(20)4-6-15/h2-7,10H,8-9,11H2,1H3,(H,21,27)(H,22,26)(H,23,25). The number of rotatable bonds is 5. The minimum Gasteiger partial charge on any atom is -0.343 e. The summed E-state index contributed by atoms with van der Waals surface area (Å²) in [6.45, 7) is 2.91. The van der Waals surface area contributed by atoms with E-state index in [4.69, 9.17) is 0 Å². The second-order valence-electron chi connectivity index (χ2n) is 6.12. The van der Waals surface area contributed by atoms with Crippen LogP contribution in [0.25, 0.3) is 0 Å². The summed E-state index contributed by atoms with van der Waals surface area (Å²) in [7, 11) is 0. The molecule has 140 valence electrons. The molecular formula is C19H19BrN4O3. The zero-order chi connectivity index (χ0) is 19.4. The number of hydrogen-bond acceptors (Lipinski definition) is 3. The molecule has 3 rings (SSSR count). The summed E-state index contributed by atoms with van der Waals surface area (Å²) in [6, 6.07) is 12.1. The van der Waals surface area contributed by atoms with Crippen molar-refractivity contribution < 1.29 is 14.4 Å². The van der Waals surface area contributed by atoms with Crippen molar-refractivity contribution in [2.45, 2.75) is 6.92 Å². The van der Waals surface area contributed by atoms with Gasteiger partial charge in [0.2, 0.25) is 5.91 Å². The average molecular weight is 431 g/mol. The van der Waals surface area contributed by atoms with Crippen molar-refractivity contribution in [1.29, 1.82) is 0 Å². The Hall–Kier alpha value is -2.87. The SMILES string of the molecule is Cc1cc(C(=O)NCC(=O)Nc2ccc(Br)cc2)ccc1N1CCNC1=O. The summed E-state index contributed by atoms with van der Waals surface area (Å²) in [5, 5.41) is 8.06. The van der Waals surface area contributed by atoms with E-state index in [1.807, 2.05) is 19.1 Å². The number of amides is 4. The molecule has 1 aliphatic heterocycles. The molecule has 0 atom stereocenters. The Morgan fingerprint density at radius 3 is 2.56 bits per heavy atom. The lowest BCUT2D eigenvalue weighted by molar-refractivity contribution is -0.115. The molecule has 0 unspecified atom stereocenters. The van der Waals surface area contributed by atoms with E-state index in [1.165, 1.54) is 0 Å². The highest BCUT2D eigenvalue weighted by Gasteiger charge is 2.23. The summed E-state index contributed by atoms with van der Waals surface area (Å²) < 4.78 is 0.916. The molecule has 8 heteroatoms. The maximum absolute atomic E-state index is 12.3. The van der Waals surface area contributed by atoms with Gasteiger partial charge in [0, 0.05) is 34.5 Å². The molecule has 1 fully saturated rings. The van der Waals surface area contributed by atoms with Crippen LogP contribution in [0.1, 0.15) is 15.9 Å². The van der Waals surface area contributed by atoms with Crippen LogP contribution in [0.3, 0.4) is 0 Å². The third kappa shape index (κ3) is 4.65. The lowest BCUT2D eigenvalue weighted by atomic mass is 10.1. The lowest BCUT2D eigenvalue weighted by Crippen LogP contribution is -2.33. The summed E-state index contributed by atoms with van der Waals surface area (Å²) >= 11 is 3.33. The molecule has 0 radical (unpaired) electrons. The van der Waals surface area contributed by atoms with Crippen molar-refractivity contribution in [3.05, 3.63) is 58.1 Å². The van der Waals surface area contributed by atoms with Gasteiger partial charge in [0.15, 0.2) is 0 Å². The smallest absolute Gasteiger partial charge is 0.322 e. The predicted octanol–water partition coefficient (Wildman–Crippen LogP) is 2.66. The molecule has 4 amide bonds. The molecule has 1 saturated heterocycles. The van der Waals surface area contributed by atoms with Crippen LogP contribution in [0, 0.1) is 6.92 Å². The van der Waals surface area contributed by atoms with Gasteiger partial charge in [0.25, 0.3) is 5.91 Å². The molecule has 2 aromatic rings. The normalized spacial score (nSPS) is 13.3. The van der Waals surface area contributed by atoms with E-state index in [1.54, 1.807) is 35.2 Å². The van der Waals surface area contributed by atoms with E-state index >= 15 is 0 Å². The van der Waals surface area contributed by atoms with Crippen LogP contribution in [0.15, 0.2) is 46.9 Å². The van der Waals surface area contributed by atoms with Crippen molar-refractivity contribution in [2.75, 3.05) is 29.9 Å². The first-order chi connectivity index (χ1) is 12.9. The maximum atomic E-state index is 12.3. The molecule has 0 saturated carbocycles. The fourth-order valence-corrected chi connectivity index (χ4v) is 3.07. The van der Waals surface area contributed by atoms with Gasteiger partial charge in [0.05, 0.1) is 6.54 Å². The van der Waals surface area contributed by atoms with Crippen molar-refractivity contribution >= 4 is 45.2 Å². The van der Waals surface area contributed by atoms with E-state index < -0.39 is 0 Å². The highest BCUT2D eigenvalue weighted by atomic mass is 79.9. The highest BCUT2D eigenvalue weighted by molar-refractivity contribution is 9.10. The lowest BCUT2D eigenvalue weighted by Gasteiger charge is -2.17. The van der Waals surface area contributed by atoms with Gasteiger partial charge in [0.1, 0.15) is 0 Å². The molecule has 1 aliphatic rings. The maximum Gasteiger partial charge on any atom is 0.322 e. The van der Waals surface area contributed by atoms with Crippen molar-refractivity contribution in [2.24, 2.45) is 0 Å². The number of benzene rings is 2. The molecule has 0 spiro atoms. The number of nitrogens with zero attached hydrogens (tertiary/aromatic N) is 1. The van der Waals surface area contributed by atoms with Gasteiger partial charge in [-0.1, -0.05) is 15.9 Å². The number of anilines is 2. The topological polar surface area (TPSA) is 90.5 Å². The van der Waals surface area contributed by atoms with Crippen LogP contribution in [0.4, 0.5) is 16.2 Å². The van der Waals surface area contributed by atoms with E-state index in [2.05, 4.69) is 31.9 Å². The number of carbonyl (C=O) groups excluding carboxylic acids is 3. The number of aryl methyl sites for hydroxylation is 1. The zero-order valence-corrected chi connectivity index (χ0v) is 16.3. The monoisotopic (exact) mass is 430 g/mol. The van der Waals surface area contributed by atoms with E-state index in [0.29, 0.717) is 24.3 Å². The largest absolute Gasteiger partial charge is 0.343 e. The summed E-state index contributed by atoms with van der Waals surface area (Å²) in [6.07, 6.45) is 0. The third-order valence-electron chi connectivity index (χ3n) is 4.14. The highest BCUT2D eigenvalue weighted by Crippen LogP contribution is 2.22. The molecule has 0 bridgehead atoms. The summed E-state index contributed by atoms with van der Waals surface area (Å²) in [5.74, 6) is -0.658. The first kappa shape index (κ1) is 18.9. The van der Waals surface area contributed by atoms with Crippen LogP contribution in [-0.2, 0) is 4.79 Å². The first-order valence-electron chi connectivity index (χ1n) is 8.43. The predicted molar refractivity (Wildman–Crippen MR) is 107 cm³/mol. The summed E-state index contributed by atoms with van der Waals surface area (Å²) in [5.41, 5.74) is 2.68. The Morgan fingerprint density at radius 2 is 1.93 bits per heavy atom. The molecule has 27 heavy (non-hydrogen) atoms. The zero-order valence-electron chi connectivity index (χ0n) is 14.7. The van der Waals surface area contributed by atoms with Crippen LogP contribution in [-0.4, -0.2) is 37.5 Å². The number of nitrogens with one attached hydrogen (secondary N) is 3. The first-order valence-corrected chi connectivity index (χ1v) is 9.23. The Bertz CT molecular complexity index is 883. The molecule has 0 aromatic heterocycles. The van der Waals surface area contributed by atoms with Gasteiger partial charge < -0.3 is 16.0 Å². The molecule has 1 heterocycles. The van der Waals surface area contributed by atoms with Crippen LogP contribution in [0.2, 0.25) is 0 Å². The fourth-order valence-electron chi connectivity index (χ4n) is 2.80. The Balaban J connectivity index is 1.57. The number of halogens is 1. The van der Waals surface area contributed by atoms with Gasteiger partial charge in [-0.15, -0.1) is 0 Å². The number of carbonyl (C=O) groups is 3. The Labute approximate surface area is 165 Å². The van der Waals surface area contributed by atoms with Crippen LogP contribution < -0.4 is 20.9 Å². The van der Waals surface area contributed by atoms with Gasteiger partial charge in [-0.05, 0) is 55.0 Å². The van der Waals surface area contributed by atoms with Crippen molar-refractivity contribution in [3.8, 4) is 0 Å². The fraction of sp³-hybridized carbons (Fsp3) is 0.211. The third-order valence-corrected chi connectivity index (χ3v) is 4.67. The molecule has 7 nitrogen and oxygen atoms in total. The van der Waals surface area contributed by atoms with Crippen LogP contribution in [0.5, 0.6) is 0 Å². The minimum atomic E-state index is -0.346.